The first-order valence-corrected chi connectivity index (χ1v) is 6.44. The van der Waals surface area contributed by atoms with Gasteiger partial charge >= 0.3 is 0 Å². The second-order valence-corrected chi connectivity index (χ2v) is 4.53. The Hall–Kier alpha value is -0.650. The molecule has 0 bridgehead atoms. The SMILES string of the molecule is CC[C@@H](N)C(=O)N1CCCN(CCOC)CC1. The van der Waals surface area contributed by atoms with Crippen LogP contribution in [0.5, 0.6) is 0 Å². The van der Waals surface area contributed by atoms with Crippen molar-refractivity contribution in [2.45, 2.75) is 25.8 Å². The third-order valence-corrected chi connectivity index (χ3v) is 3.27. The van der Waals surface area contributed by atoms with Crippen LogP contribution in [0.4, 0.5) is 0 Å². The highest BCUT2D eigenvalue weighted by molar-refractivity contribution is 5.81. The molecule has 1 amide bonds. The van der Waals surface area contributed by atoms with Crippen LogP contribution < -0.4 is 5.73 Å². The van der Waals surface area contributed by atoms with Crippen LogP contribution in [0.1, 0.15) is 19.8 Å². The lowest BCUT2D eigenvalue weighted by molar-refractivity contribution is -0.132. The molecule has 1 atom stereocenters. The molecule has 17 heavy (non-hydrogen) atoms. The zero-order valence-corrected chi connectivity index (χ0v) is 11.0. The molecule has 0 saturated carbocycles. The number of hydrogen-bond donors (Lipinski definition) is 1. The quantitative estimate of drug-likeness (QED) is 0.733. The molecule has 0 aliphatic carbocycles. The summed E-state index contributed by atoms with van der Waals surface area (Å²) in [6.45, 7) is 7.22. The standard InChI is InChI=1S/C12H25N3O2/c1-3-11(13)12(16)15-6-4-5-14(7-8-15)9-10-17-2/h11H,3-10,13H2,1-2H3/t11-/m1/s1. The van der Waals surface area contributed by atoms with Crippen molar-refractivity contribution >= 4 is 5.91 Å². The largest absolute Gasteiger partial charge is 0.383 e. The third-order valence-electron chi connectivity index (χ3n) is 3.27. The lowest BCUT2D eigenvalue weighted by Crippen LogP contribution is -2.45. The summed E-state index contributed by atoms with van der Waals surface area (Å²) in [6, 6.07) is -0.333. The van der Waals surface area contributed by atoms with E-state index in [4.69, 9.17) is 10.5 Å². The third kappa shape index (κ3) is 4.61. The smallest absolute Gasteiger partial charge is 0.239 e. The molecule has 0 aromatic heterocycles. The average Bonchev–Trinajstić information content (AvgIpc) is 2.59. The van der Waals surface area contributed by atoms with Crippen LogP contribution in [0.2, 0.25) is 0 Å². The normalized spacial score (nSPS) is 20.1. The van der Waals surface area contributed by atoms with Crippen molar-refractivity contribution in [3.63, 3.8) is 0 Å². The summed E-state index contributed by atoms with van der Waals surface area (Å²) >= 11 is 0. The van der Waals surface area contributed by atoms with Gasteiger partial charge in [0.1, 0.15) is 0 Å². The molecule has 100 valence electrons. The summed E-state index contributed by atoms with van der Waals surface area (Å²) in [5, 5.41) is 0. The molecular formula is C12H25N3O2. The molecule has 5 heteroatoms. The average molecular weight is 243 g/mol. The summed E-state index contributed by atoms with van der Waals surface area (Å²) in [5.41, 5.74) is 5.79. The number of methoxy groups -OCH3 is 1. The highest BCUT2D eigenvalue weighted by Crippen LogP contribution is 2.05. The molecule has 1 aliphatic heterocycles. The van der Waals surface area contributed by atoms with Gasteiger partial charge in [-0.05, 0) is 19.4 Å². The molecule has 1 fully saturated rings. The van der Waals surface area contributed by atoms with Gasteiger partial charge in [-0.1, -0.05) is 6.92 Å². The molecule has 0 aromatic carbocycles. The van der Waals surface area contributed by atoms with Crippen molar-refractivity contribution in [1.29, 1.82) is 0 Å². The predicted molar refractivity (Wildman–Crippen MR) is 67.8 cm³/mol. The highest BCUT2D eigenvalue weighted by atomic mass is 16.5. The van der Waals surface area contributed by atoms with Crippen LogP contribution in [0.15, 0.2) is 0 Å². The minimum atomic E-state index is -0.333. The van der Waals surface area contributed by atoms with Crippen LogP contribution in [0, 0.1) is 0 Å². The van der Waals surface area contributed by atoms with Gasteiger partial charge in [0.2, 0.25) is 5.91 Å². The fraction of sp³-hybridized carbons (Fsp3) is 0.917. The van der Waals surface area contributed by atoms with Crippen LogP contribution in [-0.4, -0.2) is 68.2 Å². The van der Waals surface area contributed by atoms with Gasteiger partial charge in [-0.25, -0.2) is 0 Å². The summed E-state index contributed by atoms with van der Waals surface area (Å²) in [5.74, 6) is 0.0982. The first-order chi connectivity index (χ1) is 8.19. The first kappa shape index (κ1) is 14.4. The van der Waals surface area contributed by atoms with Crippen LogP contribution in [-0.2, 0) is 9.53 Å². The summed E-state index contributed by atoms with van der Waals surface area (Å²) < 4.78 is 5.07. The molecule has 1 aliphatic rings. The zero-order valence-electron chi connectivity index (χ0n) is 11.0. The van der Waals surface area contributed by atoms with E-state index in [9.17, 15) is 4.79 Å². The van der Waals surface area contributed by atoms with Crippen molar-refractivity contribution in [3.8, 4) is 0 Å². The van der Waals surface area contributed by atoms with E-state index in [1.165, 1.54) is 0 Å². The van der Waals surface area contributed by atoms with Crippen molar-refractivity contribution < 1.29 is 9.53 Å². The van der Waals surface area contributed by atoms with E-state index >= 15 is 0 Å². The van der Waals surface area contributed by atoms with E-state index in [0.717, 1.165) is 45.8 Å². The minimum Gasteiger partial charge on any atom is -0.383 e. The van der Waals surface area contributed by atoms with Crippen molar-refractivity contribution in [2.24, 2.45) is 5.73 Å². The van der Waals surface area contributed by atoms with Gasteiger partial charge < -0.3 is 15.4 Å². The van der Waals surface area contributed by atoms with E-state index in [-0.39, 0.29) is 11.9 Å². The Labute approximate surface area is 104 Å². The molecule has 1 saturated heterocycles. The lowest BCUT2D eigenvalue weighted by Gasteiger charge is -2.24. The van der Waals surface area contributed by atoms with Crippen molar-refractivity contribution in [2.75, 3.05) is 46.4 Å². The number of rotatable bonds is 5. The maximum atomic E-state index is 12.0. The molecule has 1 rings (SSSR count). The number of carbonyl (C=O) groups is 1. The van der Waals surface area contributed by atoms with Gasteiger partial charge in [-0.15, -0.1) is 0 Å². The maximum absolute atomic E-state index is 12.0. The van der Waals surface area contributed by atoms with Gasteiger partial charge in [-0.3, -0.25) is 9.69 Å². The van der Waals surface area contributed by atoms with Crippen molar-refractivity contribution in [1.82, 2.24) is 9.80 Å². The van der Waals surface area contributed by atoms with E-state index in [1.807, 2.05) is 11.8 Å². The zero-order chi connectivity index (χ0) is 12.7. The number of hydrogen-bond acceptors (Lipinski definition) is 4. The number of nitrogens with zero attached hydrogens (tertiary/aromatic N) is 2. The molecule has 0 radical (unpaired) electrons. The number of amides is 1. The maximum Gasteiger partial charge on any atom is 0.239 e. The number of ether oxygens (including phenoxy) is 1. The molecule has 1 heterocycles. The molecule has 0 aromatic rings. The van der Waals surface area contributed by atoms with Gasteiger partial charge in [0.15, 0.2) is 0 Å². The van der Waals surface area contributed by atoms with Crippen molar-refractivity contribution in [3.05, 3.63) is 0 Å². The number of nitrogens with two attached hydrogens (primary N) is 1. The fourth-order valence-electron chi connectivity index (χ4n) is 2.04. The van der Waals surface area contributed by atoms with Crippen LogP contribution in [0.3, 0.4) is 0 Å². The summed E-state index contributed by atoms with van der Waals surface area (Å²) in [4.78, 5) is 16.2. The molecular weight excluding hydrogens is 218 g/mol. The minimum absolute atomic E-state index is 0.0982. The van der Waals surface area contributed by atoms with Gasteiger partial charge in [0.05, 0.1) is 12.6 Å². The molecule has 2 N–H and O–H groups in total. The second-order valence-electron chi connectivity index (χ2n) is 4.53. The van der Waals surface area contributed by atoms with E-state index in [1.54, 1.807) is 7.11 Å². The number of carbonyl (C=O) groups excluding carboxylic acids is 1. The summed E-state index contributed by atoms with van der Waals surface area (Å²) in [7, 11) is 1.72. The first-order valence-electron chi connectivity index (χ1n) is 6.44. The molecule has 0 unspecified atom stereocenters. The van der Waals surface area contributed by atoms with Crippen LogP contribution in [0.25, 0.3) is 0 Å². The van der Waals surface area contributed by atoms with Gasteiger partial charge in [0.25, 0.3) is 0 Å². The Morgan fingerprint density at radius 1 is 1.35 bits per heavy atom. The van der Waals surface area contributed by atoms with E-state index in [2.05, 4.69) is 4.90 Å². The van der Waals surface area contributed by atoms with E-state index < -0.39 is 0 Å². The Bertz CT molecular complexity index is 236. The monoisotopic (exact) mass is 243 g/mol. The summed E-state index contributed by atoms with van der Waals surface area (Å²) in [6.07, 6.45) is 1.73. The Balaban J connectivity index is 2.39. The Kier molecular flexibility index (Phi) is 6.47. The lowest BCUT2D eigenvalue weighted by atomic mass is 10.2. The highest BCUT2D eigenvalue weighted by Gasteiger charge is 2.22. The fourth-order valence-corrected chi connectivity index (χ4v) is 2.04. The van der Waals surface area contributed by atoms with Crippen LogP contribution >= 0.6 is 0 Å². The second kappa shape index (κ2) is 7.63. The molecule has 5 nitrogen and oxygen atoms in total. The Morgan fingerprint density at radius 3 is 2.76 bits per heavy atom. The topological polar surface area (TPSA) is 58.8 Å². The molecule has 0 spiro atoms. The van der Waals surface area contributed by atoms with Gasteiger partial charge in [-0.2, -0.15) is 0 Å². The Morgan fingerprint density at radius 2 is 2.12 bits per heavy atom. The van der Waals surface area contributed by atoms with Gasteiger partial charge in [0, 0.05) is 33.3 Å². The predicted octanol–water partition coefficient (Wildman–Crippen LogP) is -0.0956. The van der Waals surface area contributed by atoms with E-state index in [0.29, 0.717) is 6.42 Å².